The predicted octanol–water partition coefficient (Wildman–Crippen LogP) is 2.95. The summed E-state index contributed by atoms with van der Waals surface area (Å²) in [7, 11) is 0. The largest absolute Gasteiger partial charge is 0.486 e. The normalized spacial score (nSPS) is 25.3. The molecule has 5 heterocycles. The van der Waals surface area contributed by atoms with Crippen LogP contribution in [-0.2, 0) is 13.1 Å². The van der Waals surface area contributed by atoms with Crippen LogP contribution in [0.5, 0.6) is 11.5 Å². The Morgan fingerprint density at radius 2 is 1.85 bits per heavy atom. The standard InChI is InChI=1S/C22H27N3O2/c1-2-18(11-23-7-1)12-24-13-19-3-5-20(16-24)25(15-19)14-17-4-6-21-22(10-17)27-9-8-26-21/h1-2,4,6-7,10-11,19-20H,3,5,8-9,12-16H2/t19-,20+/m1/s1. The number of benzene rings is 1. The number of pyridine rings is 1. The average molecular weight is 365 g/mol. The Morgan fingerprint density at radius 1 is 0.926 bits per heavy atom. The summed E-state index contributed by atoms with van der Waals surface area (Å²) in [6.07, 6.45) is 6.51. The smallest absolute Gasteiger partial charge is 0.161 e. The molecule has 0 N–H and O–H groups in total. The van der Waals surface area contributed by atoms with Crippen molar-refractivity contribution in [2.24, 2.45) is 5.92 Å². The highest BCUT2D eigenvalue weighted by molar-refractivity contribution is 5.43. The molecule has 5 heteroatoms. The molecule has 0 radical (unpaired) electrons. The predicted molar refractivity (Wildman–Crippen MR) is 104 cm³/mol. The molecule has 3 fully saturated rings. The van der Waals surface area contributed by atoms with Crippen LogP contribution in [0.25, 0.3) is 0 Å². The van der Waals surface area contributed by atoms with E-state index in [2.05, 4.69) is 39.0 Å². The lowest BCUT2D eigenvalue weighted by Crippen LogP contribution is -2.43. The lowest BCUT2D eigenvalue weighted by Gasteiger charge is -2.36. The molecule has 27 heavy (non-hydrogen) atoms. The zero-order valence-electron chi connectivity index (χ0n) is 15.7. The molecular weight excluding hydrogens is 338 g/mol. The summed E-state index contributed by atoms with van der Waals surface area (Å²) < 4.78 is 11.4. The van der Waals surface area contributed by atoms with Gasteiger partial charge in [0.2, 0.25) is 0 Å². The van der Waals surface area contributed by atoms with E-state index in [9.17, 15) is 0 Å². The van der Waals surface area contributed by atoms with Crippen molar-refractivity contribution in [3.63, 3.8) is 0 Å². The number of nitrogens with zero attached hydrogens (tertiary/aromatic N) is 3. The van der Waals surface area contributed by atoms with Gasteiger partial charge in [-0.1, -0.05) is 12.1 Å². The van der Waals surface area contributed by atoms with Crippen molar-refractivity contribution in [1.29, 1.82) is 0 Å². The average Bonchev–Trinajstić information content (AvgIpc) is 2.99. The minimum atomic E-state index is 0.633. The molecule has 0 saturated carbocycles. The van der Waals surface area contributed by atoms with Crippen molar-refractivity contribution in [1.82, 2.24) is 14.8 Å². The molecule has 2 atom stereocenters. The van der Waals surface area contributed by atoms with Gasteiger partial charge in [-0.3, -0.25) is 14.8 Å². The van der Waals surface area contributed by atoms with Crippen molar-refractivity contribution in [2.45, 2.75) is 32.0 Å². The van der Waals surface area contributed by atoms with Crippen molar-refractivity contribution in [3.05, 3.63) is 53.9 Å². The second-order valence-electron chi connectivity index (χ2n) is 8.06. The Morgan fingerprint density at radius 3 is 2.74 bits per heavy atom. The summed E-state index contributed by atoms with van der Waals surface area (Å²) in [5.41, 5.74) is 2.64. The van der Waals surface area contributed by atoms with E-state index in [1.165, 1.54) is 37.1 Å². The molecule has 142 valence electrons. The van der Waals surface area contributed by atoms with Crippen LogP contribution < -0.4 is 9.47 Å². The molecule has 0 spiro atoms. The molecule has 2 aromatic rings. The van der Waals surface area contributed by atoms with Crippen molar-refractivity contribution in [3.8, 4) is 11.5 Å². The van der Waals surface area contributed by atoms with Gasteiger partial charge in [-0.05, 0) is 48.1 Å². The Labute approximate surface area is 160 Å². The van der Waals surface area contributed by atoms with Crippen molar-refractivity contribution in [2.75, 3.05) is 32.8 Å². The first-order chi connectivity index (χ1) is 13.3. The van der Waals surface area contributed by atoms with Gasteiger partial charge >= 0.3 is 0 Å². The van der Waals surface area contributed by atoms with E-state index in [0.717, 1.165) is 37.1 Å². The molecular formula is C22H27N3O2. The van der Waals surface area contributed by atoms with Gasteiger partial charge in [-0.15, -0.1) is 0 Å². The fourth-order valence-electron chi connectivity index (χ4n) is 4.77. The van der Waals surface area contributed by atoms with E-state index in [4.69, 9.17) is 9.47 Å². The van der Waals surface area contributed by atoms with Gasteiger partial charge in [0.05, 0.1) is 0 Å². The van der Waals surface area contributed by atoms with Gasteiger partial charge in [-0.25, -0.2) is 0 Å². The van der Waals surface area contributed by atoms with E-state index in [-0.39, 0.29) is 0 Å². The van der Waals surface area contributed by atoms with E-state index in [0.29, 0.717) is 19.3 Å². The zero-order valence-corrected chi connectivity index (χ0v) is 15.7. The van der Waals surface area contributed by atoms with Crippen LogP contribution in [0.15, 0.2) is 42.7 Å². The maximum Gasteiger partial charge on any atom is 0.161 e. The summed E-state index contributed by atoms with van der Waals surface area (Å²) in [5.74, 6) is 2.54. The molecule has 0 amide bonds. The molecule has 1 aromatic heterocycles. The fraction of sp³-hybridized carbons (Fsp3) is 0.500. The SMILES string of the molecule is c1cncc(CN2C[C@H]3CC[C@@H](C2)N(Cc2ccc4c(c2)OCCO4)C3)c1. The summed E-state index contributed by atoms with van der Waals surface area (Å²) in [5, 5.41) is 0. The van der Waals surface area contributed by atoms with Gasteiger partial charge in [0, 0.05) is 51.2 Å². The van der Waals surface area contributed by atoms with Crippen LogP contribution in [0.4, 0.5) is 0 Å². The highest BCUT2D eigenvalue weighted by atomic mass is 16.6. The van der Waals surface area contributed by atoms with Crippen LogP contribution >= 0.6 is 0 Å². The molecule has 5 nitrogen and oxygen atoms in total. The third kappa shape index (κ3) is 3.80. The van der Waals surface area contributed by atoms with Gasteiger partial charge in [-0.2, -0.15) is 0 Å². The number of ether oxygens (including phenoxy) is 2. The minimum Gasteiger partial charge on any atom is -0.486 e. The van der Waals surface area contributed by atoms with Crippen molar-refractivity contribution < 1.29 is 9.47 Å². The summed E-state index contributed by atoms with van der Waals surface area (Å²) in [6, 6.07) is 11.3. The second-order valence-corrected chi connectivity index (χ2v) is 8.06. The molecule has 0 aliphatic carbocycles. The highest BCUT2D eigenvalue weighted by Crippen LogP contribution is 2.33. The maximum atomic E-state index is 5.77. The minimum absolute atomic E-state index is 0.633. The van der Waals surface area contributed by atoms with Gasteiger partial charge in [0.15, 0.2) is 11.5 Å². The molecule has 3 saturated heterocycles. The summed E-state index contributed by atoms with van der Waals surface area (Å²) in [6.45, 7) is 6.85. The lowest BCUT2D eigenvalue weighted by molar-refractivity contribution is 0.122. The van der Waals surface area contributed by atoms with E-state index >= 15 is 0 Å². The molecule has 6 rings (SSSR count). The number of piperidine rings is 1. The first-order valence-electron chi connectivity index (χ1n) is 10.1. The number of rotatable bonds is 4. The summed E-state index contributed by atoms with van der Waals surface area (Å²) in [4.78, 5) is 9.59. The molecule has 4 aliphatic rings. The van der Waals surface area contributed by atoms with Crippen LogP contribution in [0.1, 0.15) is 24.0 Å². The van der Waals surface area contributed by atoms with E-state index in [1.807, 2.05) is 18.5 Å². The highest BCUT2D eigenvalue weighted by Gasteiger charge is 2.34. The topological polar surface area (TPSA) is 37.8 Å². The van der Waals surface area contributed by atoms with E-state index in [1.54, 1.807) is 0 Å². The molecule has 4 aliphatic heterocycles. The first-order valence-corrected chi connectivity index (χ1v) is 10.1. The third-order valence-electron chi connectivity index (χ3n) is 6.02. The summed E-state index contributed by atoms with van der Waals surface area (Å²) >= 11 is 0. The Hall–Kier alpha value is -2.11. The van der Waals surface area contributed by atoms with Crippen molar-refractivity contribution >= 4 is 0 Å². The second kappa shape index (κ2) is 7.49. The van der Waals surface area contributed by atoms with Gasteiger partial charge in [0.1, 0.15) is 13.2 Å². The van der Waals surface area contributed by atoms with Crippen LogP contribution in [0.3, 0.4) is 0 Å². The Bertz CT molecular complexity index is 782. The monoisotopic (exact) mass is 365 g/mol. The molecule has 1 aromatic carbocycles. The molecule has 2 bridgehead atoms. The van der Waals surface area contributed by atoms with Gasteiger partial charge < -0.3 is 9.47 Å². The zero-order chi connectivity index (χ0) is 18.1. The maximum absolute atomic E-state index is 5.77. The first kappa shape index (κ1) is 17.0. The molecule has 0 unspecified atom stereocenters. The fourth-order valence-corrected chi connectivity index (χ4v) is 4.77. The number of aromatic nitrogens is 1. The van der Waals surface area contributed by atoms with Crippen LogP contribution in [0, 0.1) is 5.92 Å². The van der Waals surface area contributed by atoms with Crippen LogP contribution in [0.2, 0.25) is 0 Å². The van der Waals surface area contributed by atoms with Crippen LogP contribution in [-0.4, -0.2) is 53.7 Å². The Kier molecular flexibility index (Phi) is 4.72. The quantitative estimate of drug-likeness (QED) is 0.833. The number of hydrogen-bond acceptors (Lipinski definition) is 5. The van der Waals surface area contributed by atoms with Gasteiger partial charge in [0.25, 0.3) is 0 Å². The Balaban J connectivity index is 1.28. The number of fused-ring (bicyclic) bond motifs is 5. The number of hydrogen-bond donors (Lipinski definition) is 0. The third-order valence-corrected chi connectivity index (χ3v) is 6.02. The van der Waals surface area contributed by atoms with E-state index < -0.39 is 0 Å². The lowest BCUT2D eigenvalue weighted by atomic mass is 9.94.